The van der Waals surface area contributed by atoms with E-state index in [1.165, 1.54) is 36.4 Å². The van der Waals surface area contributed by atoms with E-state index < -0.39 is 23.4 Å². The van der Waals surface area contributed by atoms with Gasteiger partial charge in [0, 0.05) is 18.2 Å². The van der Waals surface area contributed by atoms with Gasteiger partial charge in [-0.2, -0.15) is 0 Å². The van der Waals surface area contributed by atoms with Crippen molar-refractivity contribution in [2.24, 2.45) is 0 Å². The predicted octanol–water partition coefficient (Wildman–Crippen LogP) is 4.18. The van der Waals surface area contributed by atoms with Crippen molar-refractivity contribution in [3.63, 3.8) is 0 Å². The van der Waals surface area contributed by atoms with Crippen LogP contribution in [0.25, 0.3) is 16.8 Å². The van der Waals surface area contributed by atoms with Crippen molar-refractivity contribution < 1.29 is 19.2 Å². The molecule has 30 heavy (non-hydrogen) atoms. The first-order valence-corrected chi connectivity index (χ1v) is 9.30. The molecule has 0 aromatic heterocycles. The van der Waals surface area contributed by atoms with Crippen LogP contribution in [0.3, 0.4) is 0 Å². The smallest absolute Gasteiger partial charge is 0.331 e. The summed E-state index contributed by atoms with van der Waals surface area (Å²) < 4.78 is 4.95. The van der Waals surface area contributed by atoms with Crippen molar-refractivity contribution in [1.82, 2.24) is 5.32 Å². The predicted molar refractivity (Wildman–Crippen MR) is 114 cm³/mol. The van der Waals surface area contributed by atoms with Crippen molar-refractivity contribution in [3.05, 3.63) is 94.0 Å². The minimum Gasteiger partial charge on any atom is -0.452 e. The molecule has 1 N–H and O–H groups in total. The van der Waals surface area contributed by atoms with Crippen molar-refractivity contribution in [1.29, 1.82) is 0 Å². The number of hydrogen-bond donors (Lipinski definition) is 1. The van der Waals surface area contributed by atoms with Gasteiger partial charge in [0.15, 0.2) is 6.61 Å². The summed E-state index contributed by atoms with van der Waals surface area (Å²) in [5.74, 6) is -1.09. The summed E-state index contributed by atoms with van der Waals surface area (Å²) in [5, 5.41) is 15.6. The highest BCUT2D eigenvalue weighted by molar-refractivity contribution is 5.89. The normalized spacial score (nSPS) is 11.9. The van der Waals surface area contributed by atoms with Gasteiger partial charge in [-0.3, -0.25) is 14.9 Å². The Bertz CT molecular complexity index is 1110. The molecule has 0 radical (unpaired) electrons. The summed E-state index contributed by atoms with van der Waals surface area (Å²) in [7, 11) is 0. The van der Waals surface area contributed by atoms with Gasteiger partial charge in [-0.1, -0.05) is 36.4 Å². The summed E-state index contributed by atoms with van der Waals surface area (Å²) in [6.07, 6.45) is 2.63. The highest BCUT2D eigenvalue weighted by Gasteiger charge is 2.11. The summed E-state index contributed by atoms with van der Waals surface area (Å²) in [6, 6.07) is 19.4. The first-order valence-electron chi connectivity index (χ1n) is 9.30. The van der Waals surface area contributed by atoms with Crippen LogP contribution >= 0.6 is 0 Å². The van der Waals surface area contributed by atoms with E-state index in [4.69, 9.17) is 4.74 Å². The third kappa shape index (κ3) is 5.51. The third-order valence-corrected chi connectivity index (χ3v) is 4.51. The molecule has 1 amide bonds. The molecule has 3 aromatic carbocycles. The number of ether oxygens (including phenoxy) is 1. The van der Waals surface area contributed by atoms with Crippen molar-refractivity contribution >= 4 is 34.4 Å². The maximum Gasteiger partial charge on any atom is 0.331 e. The number of carbonyl (C=O) groups excluding carboxylic acids is 2. The molecule has 0 unspecified atom stereocenters. The van der Waals surface area contributed by atoms with Crippen LogP contribution in [0.1, 0.15) is 24.1 Å². The molecule has 0 aliphatic heterocycles. The summed E-state index contributed by atoms with van der Waals surface area (Å²) in [6.45, 7) is 1.46. The minimum absolute atomic E-state index is 0.0352. The average molecular weight is 404 g/mol. The van der Waals surface area contributed by atoms with Crippen LogP contribution in [0.15, 0.2) is 72.8 Å². The molecule has 3 rings (SSSR count). The lowest BCUT2D eigenvalue weighted by Crippen LogP contribution is -2.30. The fraction of sp³-hybridized carbons (Fsp3) is 0.130. The molecule has 0 bridgehead atoms. The Morgan fingerprint density at radius 1 is 1.07 bits per heavy atom. The van der Waals surface area contributed by atoms with E-state index in [1.807, 2.05) is 49.4 Å². The molecule has 1 atom stereocenters. The first kappa shape index (κ1) is 20.7. The lowest BCUT2D eigenvalue weighted by molar-refractivity contribution is -0.384. The molecular formula is C23H20N2O5. The number of carbonyl (C=O) groups is 2. The highest BCUT2D eigenvalue weighted by atomic mass is 16.6. The second kappa shape index (κ2) is 9.47. The number of nitro benzene ring substituents is 1. The third-order valence-electron chi connectivity index (χ3n) is 4.51. The van der Waals surface area contributed by atoms with Crippen LogP contribution in [0.5, 0.6) is 0 Å². The Labute approximate surface area is 173 Å². The topological polar surface area (TPSA) is 98.5 Å². The monoisotopic (exact) mass is 404 g/mol. The van der Waals surface area contributed by atoms with E-state index in [0.717, 1.165) is 16.3 Å². The fourth-order valence-electron chi connectivity index (χ4n) is 2.90. The van der Waals surface area contributed by atoms with E-state index in [-0.39, 0.29) is 11.7 Å². The van der Waals surface area contributed by atoms with E-state index in [1.54, 1.807) is 0 Å². The first-order chi connectivity index (χ1) is 14.4. The van der Waals surface area contributed by atoms with Gasteiger partial charge in [-0.15, -0.1) is 0 Å². The SMILES string of the molecule is C[C@H](NC(=O)COC(=O)/C=C/c1ccc([N+](=O)[O-])cc1)c1ccc2ccccc2c1. The standard InChI is InChI=1S/C23H20N2O5/c1-16(19-10-9-18-4-2-3-5-20(18)14-19)24-22(26)15-30-23(27)13-8-17-6-11-21(12-7-17)25(28)29/h2-14,16H,15H2,1H3,(H,24,26)/b13-8+/t16-/m0/s1. The molecule has 0 fully saturated rings. The van der Waals surface area contributed by atoms with E-state index in [2.05, 4.69) is 5.32 Å². The van der Waals surface area contributed by atoms with Crippen molar-refractivity contribution in [2.45, 2.75) is 13.0 Å². The lowest BCUT2D eigenvalue weighted by atomic mass is 10.0. The fourth-order valence-corrected chi connectivity index (χ4v) is 2.90. The Kier molecular flexibility index (Phi) is 6.54. The number of amides is 1. The number of rotatable bonds is 7. The quantitative estimate of drug-likeness (QED) is 0.276. The van der Waals surface area contributed by atoms with Gasteiger partial charge in [0.2, 0.25) is 0 Å². The number of nitrogens with zero attached hydrogens (tertiary/aromatic N) is 1. The summed E-state index contributed by atoms with van der Waals surface area (Å²) in [4.78, 5) is 34.0. The molecule has 152 valence electrons. The second-order valence-electron chi connectivity index (χ2n) is 6.69. The van der Waals surface area contributed by atoms with E-state index >= 15 is 0 Å². The molecule has 0 heterocycles. The zero-order valence-corrected chi connectivity index (χ0v) is 16.3. The number of esters is 1. The zero-order valence-electron chi connectivity index (χ0n) is 16.3. The Balaban J connectivity index is 1.49. The number of nitro groups is 1. The molecule has 0 saturated heterocycles. The highest BCUT2D eigenvalue weighted by Crippen LogP contribution is 2.20. The molecule has 0 spiro atoms. The maximum atomic E-state index is 12.1. The van der Waals surface area contributed by atoms with Crippen LogP contribution in [0.4, 0.5) is 5.69 Å². The summed E-state index contributed by atoms with van der Waals surface area (Å²) in [5.41, 5.74) is 1.52. The maximum absolute atomic E-state index is 12.1. The molecule has 7 heteroatoms. The average Bonchev–Trinajstić information content (AvgIpc) is 2.76. The lowest BCUT2D eigenvalue weighted by Gasteiger charge is -2.15. The molecule has 7 nitrogen and oxygen atoms in total. The number of fused-ring (bicyclic) bond motifs is 1. The molecule has 3 aromatic rings. The number of benzene rings is 3. The van der Waals surface area contributed by atoms with Crippen LogP contribution in [-0.2, 0) is 14.3 Å². The Morgan fingerprint density at radius 3 is 2.47 bits per heavy atom. The van der Waals surface area contributed by atoms with Gasteiger partial charge in [-0.25, -0.2) is 4.79 Å². The van der Waals surface area contributed by atoms with Crippen LogP contribution < -0.4 is 5.32 Å². The van der Waals surface area contributed by atoms with Crippen molar-refractivity contribution in [2.75, 3.05) is 6.61 Å². The van der Waals surface area contributed by atoms with Crippen LogP contribution in [0.2, 0.25) is 0 Å². The zero-order chi connectivity index (χ0) is 21.5. The second-order valence-corrected chi connectivity index (χ2v) is 6.69. The van der Waals surface area contributed by atoms with Gasteiger partial charge >= 0.3 is 5.97 Å². The van der Waals surface area contributed by atoms with Crippen LogP contribution in [-0.4, -0.2) is 23.4 Å². The molecule has 0 aliphatic carbocycles. The van der Waals surface area contributed by atoms with Gasteiger partial charge in [0.05, 0.1) is 11.0 Å². The van der Waals surface area contributed by atoms with E-state index in [9.17, 15) is 19.7 Å². The molecular weight excluding hydrogens is 384 g/mol. The Morgan fingerprint density at radius 2 is 1.77 bits per heavy atom. The van der Waals surface area contributed by atoms with Gasteiger partial charge in [0.1, 0.15) is 0 Å². The van der Waals surface area contributed by atoms with E-state index in [0.29, 0.717) is 5.56 Å². The van der Waals surface area contributed by atoms with Crippen LogP contribution in [0, 0.1) is 10.1 Å². The van der Waals surface area contributed by atoms with Gasteiger partial charge < -0.3 is 10.1 Å². The molecule has 0 saturated carbocycles. The molecule has 0 aliphatic rings. The summed E-state index contributed by atoms with van der Waals surface area (Å²) >= 11 is 0. The largest absolute Gasteiger partial charge is 0.452 e. The number of hydrogen-bond acceptors (Lipinski definition) is 5. The Hall–Kier alpha value is -4.00. The van der Waals surface area contributed by atoms with Crippen molar-refractivity contribution in [3.8, 4) is 0 Å². The van der Waals surface area contributed by atoms with Gasteiger partial charge in [0.25, 0.3) is 11.6 Å². The number of nitrogens with one attached hydrogen (secondary N) is 1. The minimum atomic E-state index is -0.679. The van der Waals surface area contributed by atoms with Gasteiger partial charge in [-0.05, 0) is 53.1 Å². The number of non-ortho nitro benzene ring substituents is 1.